The number of carbonyl (C=O) groups is 1. The van der Waals surface area contributed by atoms with Crippen molar-refractivity contribution in [2.24, 2.45) is 0 Å². The molecule has 1 fully saturated rings. The van der Waals surface area contributed by atoms with E-state index < -0.39 is 0 Å². The van der Waals surface area contributed by atoms with Crippen molar-refractivity contribution in [2.75, 3.05) is 47.3 Å². The molecule has 7 heteroatoms. The Morgan fingerprint density at radius 3 is 2.27 bits per heavy atom. The van der Waals surface area contributed by atoms with Gasteiger partial charge in [-0.2, -0.15) is 0 Å². The summed E-state index contributed by atoms with van der Waals surface area (Å²) < 4.78 is 21.3. The number of rotatable bonds is 7. The standard InChI is InChI=1S/C15H21NO5S/c1-18-6-5-16-13(17)9-22-15(16)14-11(20-3)7-10(19-2)8-12(14)21-4/h7-8,15H,5-6,9H2,1-4H3. The molecule has 2 rings (SSSR count). The Balaban J connectivity index is 2.43. The highest BCUT2D eigenvalue weighted by Gasteiger charge is 2.36. The zero-order valence-electron chi connectivity index (χ0n) is 13.3. The molecule has 1 unspecified atom stereocenters. The number of carbonyl (C=O) groups excluding carboxylic acids is 1. The van der Waals surface area contributed by atoms with Gasteiger partial charge in [-0.05, 0) is 0 Å². The van der Waals surface area contributed by atoms with Crippen LogP contribution in [-0.2, 0) is 9.53 Å². The van der Waals surface area contributed by atoms with Crippen molar-refractivity contribution in [1.82, 2.24) is 4.90 Å². The molecule has 1 saturated heterocycles. The van der Waals surface area contributed by atoms with Gasteiger partial charge in [0.05, 0.1) is 39.3 Å². The molecule has 0 bridgehead atoms. The molecule has 1 aromatic carbocycles. The van der Waals surface area contributed by atoms with Crippen molar-refractivity contribution in [1.29, 1.82) is 0 Å². The van der Waals surface area contributed by atoms with Gasteiger partial charge in [-0.25, -0.2) is 0 Å². The van der Waals surface area contributed by atoms with Crippen LogP contribution < -0.4 is 14.2 Å². The van der Waals surface area contributed by atoms with Gasteiger partial charge in [0.2, 0.25) is 5.91 Å². The van der Waals surface area contributed by atoms with Crippen molar-refractivity contribution in [2.45, 2.75) is 5.37 Å². The first-order valence-corrected chi connectivity index (χ1v) is 7.91. The normalized spacial score (nSPS) is 17.7. The summed E-state index contributed by atoms with van der Waals surface area (Å²) in [6, 6.07) is 3.60. The summed E-state index contributed by atoms with van der Waals surface area (Å²) in [7, 11) is 6.40. The third-order valence-electron chi connectivity index (χ3n) is 3.50. The topological polar surface area (TPSA) is 57.2 Å². The van der Waals surface area contributed by atoms with Gasteiger partial charge in [0.1, 0.15) is 22.6 Å². The first-order valence-electron chi connectivity index (χ1n) is 6.86. The summed E-state index contributed by atoms with van der Waals surface area (Å²) in [6.45, 7) is 1.02. The second kappa shape index (κ2) is 7.60. The number of benzene rings is 1. The van der Waals surface area contributed by atoms with Crippen LogP contribution in [0.2, 0.25) is 0 Å². The van der Waals surface area contributed by atoms with E-state index in [-0.39, 0.29) is 11.3 Å². The zero-order valence-corrected chi connectivity index (χ0v) is 14.1. The van der Waals surface area contributed by atoms with Crippen molar-refractivity contribution in [3.8, 4) is 17.2 Å². The molecule has 1 aliphatic heterocycles. The minimum Gasteiger partial charge on any atom is -0.496 e. The van der Waals surface area contributed by atoms with Crippen LogP contribution in [0.3, 0.4) is 0 Å². The summed E-state index contributed by atoms with van der Waals surface area (Å²) in [5.41, 5.74) is 0.845. The molecule has 1 aliphatic rings. The Hall–Kier alpha value is -1.60. The molecule has 0 N–H and O–H groups in total. The Morgan fingerprint density at radius 2 is 1.77 bits per heavy atom. The molecule has 0 aromatic heterocycles. The molecular weight excluding hydrogens is 306 g/mol. The number of amides is 1. The highest BCUT2D eigenvalue weighted by Crippen LogP contribution is 2.48. The van der Waals surface area contributed by atoms with Crippen LogP contribution >= 0.6 is 11.8 Å². The number of hydrogen-bond acceptors (Lipinski definition) is 6. The second-order valence-corrected chi connectivity index (χ2v) is 5.76. The van der Waals surface area contributed by atoms with Crippen molar-refractivity contribution < 1.29 is 23.7 Å². The number of methoxy groups -OCH3 is 4. The monoisotopic (exact) mass is 327 g/mol. The number of hydrogen-bond donors (Lipinski definition) is 0. The van der Waals surface area contributed by atoms with Crippen molar-refractivity contribution in [3.63, 3.8) is 0 Å². The molecular formula is C15H21NO5S. The van der Waals surface area contributed by atoms with Crippen LogP contribution in [0.15, 0.2) is 12.1 Å². The summed E-state index contributed by atoms with van der Waals surface area (Å²) in [5, 5.41) is -0.154. The number of nitrogens with zero attached hydrogens (tertiary/aromatic N) is 1. The van der Waals surface area contributed by atoms with Crippen LogP contribution in [0, 0.1) is 0 Å². The highest BCUT2D eigenvalue weighted by atomic mass is 32.2. The van der Waals surface area contributed by atoms with Crippen LogP contribution in [0.5, 0.6) is 17.2 Å². The molecule has 1 heterocycles. The molecule has 22 heavy (non-hydrogen) atoms. The SMILES string of the molecule is COCCN1C(=O)CSC1c1c(OC)cc(OC)cc1OC. The lowest BCUT2D eigenvalue weighted by Gasteiger charge is -2.27. The van der Waals surface area contributed by atoms with Crippen LogP contribution in [-0.4, -0.2) is 58.2 Å². The maximum Gasteiger partial charge on any atom is 0.233 e. The summed E-state index contributed by atoms with van der Waals surface area (Å²) in [6.07, 6.45) is 0. The summed E-state index contributed by atoms with van der Waals surface area (Å²) in [4.78, 5) is 13.9. The van der Waals surface area contributed by atoms with E-state index in [0.29, 0.717) is 36.2 Å². The smallest absolute Gasteiger partial charge is 0.233 e. The largest absolute Gasteiger partial charge is 0.496 e. The van der Waals surface area contributed by atoms with Crippen LogP contribution in [0.1, 0.15) is 10.9 Å². The van der Waals surface area contributed by atoms with Crippen LogP contribution in [0.4, 0.5) is 0 Å². The predicted molar refractivity (Wildman–Crippen MR) is 84.9 cm³/mol. The maximum absolute atomic E-state index is 12.1. The molecule has 0 saturated carbocycles. The fraction of sp³-hybridized carbons (Fsp3) is 0.533. The van der Waals surface area contributed by atoms with Crippen molar-refractivity contribution in [3.05, 3.63) is 17.7 Å². The summed E-state index contributed by atoms with van der Waals surface area (Å²) in [5.74, 6) is 2.46. The molecule has 0 radical (unpaired) electrons. The molecule has 1 amide bonds. The van der Waals surface area contributed by atoms with Gasteiger partial charge in [-0.1, -0.05) is 0 Å². The molecule has 1 atom stereocenters. The van der Waals surface area contributed by atoms with E-state index in [1.54, 1.807) is 57.2 Å². The van der Waals surface area contributed by atoms with E-state index >= 15 is 0 Å². The molecule has 0 aliphatic carbocycles. The number of ether oxygens (including phenoxy) is 4. The molecule has 6 nitrogen and oxygen atoms in total. The quantitative estimate of drug-likeness (QED) is 0.763. The lowest BCUT2D eigenvalue weighted by molar-refractivity contribution is -0.128. The van der Waals surface area contributed by atoms with Crippen LogP contribution in [0.25, 0.3) is 0 Å². The minimum absolute atomic E-state index is 0.0898. The lowest BCUT2D eigenvalue weighted by Crippen LogP contribution is -2.31. The van der Waals surface area contributed by atoms with E-state index in [0.717, 1.165) is 5.56 Å². The van der Waals surface area contributed by atoms with Gasteiger partial charge >= 0.3 is 0 Å². The lowest BCUT2D eigenvalue weighted by atomic mass is 10.1. The minimum atomic E-state index is -0.154. The Kier molecular flexibility index (Phi) is 5.79. The van der Waals surface area contributed by atoms with Gasteiger partial charge in [-0.15, -0.1) is 11.8 Å². The predicted octanol–water partition coefficient (Wildman–Crippen LogP) is 1.93. The summed E-state index contributed by atoms with van der Waals surface area (Å²) >= 11 is 1.55. The highest BCUT2D eigenvalue weighted by molar-refractivity contribution is 8.00. The fourth-order valence-corrected chi connectivity index (χ4v) is 3.67. The average molecular weight is 327 g/mol. The fourth-order valence-electron chi connectivity index (χ4n) is 2.40. The van der Waals surface area contributed by atoms with E-state index in [9.17, 15) is 4.79 Å². The maximum atomic E-state index is 12.1. The first-order chi connectivity index (χ1) is 10.7. The molecule has 0 spiro atoms. The van der Waals surface area contributed by atoms with Gasteiger partial charge in [0.15, 0.2) is 0 Å². The zero-order chi connectivity index (χ0) is 16.1. The Labute approximate surface area is 134 Å². The Bertz CT molecular complexity index is 512. The van der Waals surface area contributed by atoms with Gasteiger partial charge in [0, 0.05) is 25.8 Å². The van der Waals surface area contributed by atoms with Gasteiger partial charge in [0.25, 0.3) is 0 Å². The third-order valence-corrected chi connectivity index (χ3v) is 4.72. The average Bonchev–Trinajstić information content (AvgIpc) is 2.91. The van der Waals surface area contributed by atoms with Gasteiger partial charge in [-0.3, -0.25) is 4.79 Å². The van der Waals surface area contributed by atoms with E-state index in [1.807, 2.05) is 0 Å². The third kappa shape index (κ3) is 3.25. The van der Waals surface area contributed by atoms with E-state index in [1.165, 1.54) is 0 Å². The molecule has 1 aromatic rings. The van der Waals surface area contributed by atoms with E-state index in [2.05, 4.69) is 0 Å². The Morgan fingerprint density at radius 1 is 1.14 bits per heavy atom. The van der Waals surface area contributed by atoms with Crippen molar-refractivity contribution >= 4 is 17.7 Å². The van der Waals surface area contributed by atoms with Gasteiger partial charge < -0.3 is 23.8 Å². The number of thioether (sulfide) groups is 1. The first kappa shape index (κ1) is 16.8. The second-order valence-electron chi connectivity index (χ2n) is 4.69. The molecule has 122 valence electrons. The van der Waals surface area contributed by atoms with E-state index in [4.69, 9.17) is 18.9 Å².